The lowest BCUT2D eigenvalue weighted by molar-refractivity contribution is 0.0942. The zero-order valence-corrected chi connectivity index (χ0v) is 16.5. The van der Waals surface area contributed by atoms with Gasteiger partial charge in [-0.25, -0.2) is 0 Å². The van der Waals surface area contributed by atoms with Crippen LogP contribution >= 0.6 is 11.3 Å². The molecule has 1 N–H and O–H groups in total. The van der Waals surface area contributed by atoms with E-state index >= 15 is 0 Å². The summed E-state index contributed by atoms with van der Waals surface area (Å²) in [6.07, 6.45) is 5.03. The predicted molar refractivity (Wildman–Crippen MR) is 115 cm³/mol. The molecule has 0 radical (unpaired) electrons. The Labute approximate surface area is 171 Å². The molecule has 3 aromatic heterocycles. The molecule has 4 heterocycles. The fourth-order valence-electron chi connectivity index (χ4n) is 3.76. The summed E-state index contributed by atoms with van der Waals surface area (Å²) in [5.74, 6) is -0.483. The summed E-state index contributed by atoms with van der Waals surface area (Å²) in [6.45, 7) is 2.61. The SMILES string of the molecule is C[C@H]1CN(c2ccc3ccsc3c2)C(=O)c2c(C(=O)Nc3cccnc3)ccn21. The number of fused-ring (bicyclic) bond motifs is 2. The van der Waals surface area contributed by atoms with Crippen LogP contribution in [-0.4, -0.2) is 27.9 Å². The molecule has 0 unspecified atom stereocenters. The number of nitrogens with zero attached hydrogens (tertiary/aromatic N) is 3. The zero-order valence-electron chi connectivity index (χ0n) is 15.7. The maximum atomic E-state index is 13.4. The van der Waals surface area contributed by atoms with Gasteiger partial charge in [0.1, 0.15) is 5.69 Å². The monoisotopic (exact) mass is 402 g/mol. The Morgan fingerprint density at radius 1 is 1.24 bits per heavy atom. The Kier molecular flexibility index (Phi) is 4.17. The van der Waals surface area contributed by atoms with Crippen LogP contribution in [-0.2, 0) is 0 Å². The third kappa shape index (κ3) is 3.00. The number of hydrogen-bond acceptors (Lipinski definition) is 4. The summed E-state index contributed by atoms with van der Waals surface area (Å²) in [5.41, 5.74) is 2.22. The highest BCUT2D eigenvalue weighted by Gasteiger charge is 2.34. The summed E-state index contributed by atoms with van der Waals surface area (Å²) < 4.78 is 3.03. The molecule has 4 aromatic rings. The lowest BCUT2D eigenvalue weighted by Crippen LogP contribution is -2.43. The molecular weight excluding hydrogens is 384 g/mol. The summed E-state index contributed by atoms with van der Waals surface area (Å²) in [5, 5.41) is 6.03. The molecule has 0 fully saturated rings. The number of nitrogens with one attached hydrogen (secondary N) is 1. The van der Waals surface area contributed by atoms with Crippen molar-refractivity contribution in [1.82, 2.24) is 9.55 Å². The standard InChI is InChI=1S/C22H18N4O2S/c1-14-13-26(17-5-4-15-7-10-29-19(15)11-17)22(28)20-18(6-9-25(14)20)21(27)24-16-3-2-8-23-12-16/h2-12,14H,13H2,1H3,(H,24,27)/t14-/m0/s1. The number of hydrogen-bond donors (Lipinski definition) is 1. The molecule has 5 rings (SSSR count). The number of amides is 2. The van der Waals surface area contributed by atoms with E-state index in [9.17, 15) is 9.59 Å². The van der Waals surface area contributed by atoms with E-state index in [1.54, 1.807) is 46.8 Å². The van der Waals surface area contributed by atoms with E-state index in [4.69, 9.17) is 0 Å². The van der Waals surface area contributed by atoms with Crippen LogP contribution in [0.3, 0.4) is 0 Å². The summed E-state index contributed by atoms with van der Waals surface area (Å²) in [4.78, 5) is 32.0. The average molecular weight is 402 g/mol. The molecular formula is C22H18N4O2S. The van der Waals surface area contributed by atoms with Crippen molar-refractivity contribution in [2.45, 2.75) is 13.0 Å². The van der Waals surface area contributed by atoms with Crippen molar-refractivity contribution >= 4 is 44.6 Å². The first-order valence-electron chi connectivity index (χ1n) is 9.33. The van der Waals surface area contributed by atoms with Crippen LogP contribution in [0.25, 0.3) is 10.1 Å². The van der Waals surface area contributed by atoms with Crippen molar-refractivity contribution in [3.63, 3.8) is 0 Å². The normalized spacial score (nSPS) is 16.1. The van der Waals surface area contributed by atoms with Crippen molar-refractivity contribution < 1.29 is 9.59 Å². The molecule has 1 aliphatic heterocycles. The molecule has 1 aliphatic rings. The molecule has 0 saturated carbocycles. The van der Waals surface area contributed by atoms with Crippen LogP contribution in [0, 0.1) is 0 Å². The second kappa shape index (κ2) is 6.86. The molecule has 29 heavy (non-hydrogen) atoms. The fourth-order valence-corrected chi connectivity index (χ4v) is 4.58. The Morgan fingerprint density at radius 2 is 2.14 bits per heavy atom. The van der Waals surface area contributed by atoms with Gasteiger partial charge in [-0.15, -0.1) is 11.3 Å². The minimum Gasteiger partial charge on any atom is -0.338 e. The Balaban J connectivity index is 1.51. The molecule has 1 atom stereocenters. The lowest BCUT2D eigenvalue weighted by atomic mass is 10.1. The van der Waals surface area contributed by atoms with Gasteiger partial charge in [0.2, 0.25) is 0 Å². The molecule has 0 bridgehead atoms. The van der Waals surface area contributed by atoms with E-state index in [1.807, 2.05) is 34.3 Å². The van der Waals surface area contributed by atoms with E-state index < -0.39 is 0 Å². The van der Waals surface area contributed by atoms with Crippen molar-refractivity contribution in [3.05, 3.63) is 77.7 Å². The Bertz CT molecular complexity index is 1230. The quantitative estimate of drug-likeness (QED) is 0.546. The maximum absolute atomic E-state index is 13.4. The topological polar surface area (TPSA) is 67.2 Å². The van der Waals surface area contributed by atoms with Crippen molar-refractivity contribution in [2.75, 3.05) is 16.8 Å². The molecule has 0 saturated heterocycles. The smallest absolute Gasteiger partial charge is 0.275 e. The second-order valence-electron chi connectivity index (χ2n) is 7.09. The van der Waals surface area contributed by atoms with E-state index in [0.717, 1.165) is 15.8 Å². The van der Waals surface area contributed by atoms with Gasteiger partial charge in [-0.3, -0.25) is 14.6 Å². The van der Waals surface area contributed by atoms with Crippen LogP contribution in [0.15, 0.2) is 66.4 Å². The van der Waals surface area contributed by atoms with Crippen molar-refractivity contribution in [2.24, 2.45) is 0 Å². The first-order valence-corrected chi connectivity index (χ1v) is 10.2. The number of anilines is 2. The minimum absolute atomic E-state index is 0.0571. The first kappa shape index (κ1) is 17.6. The fraction of sp³-hybridized carbons (Fsp3) is 0.136. The van der Waals surface area contributed by atoms with Gasteiger partial charge in [-0.2, -0.15) is 0 Å². The molecule has 2 amide bonds. The average Bonchev–Trinajstić information content (AvgIpc) is 3.38. The van der Waals surface area contributed by atoms with Crippen LogP contribution in [0.1, 0.15) is 33.8 Å². The molecule has 0 spiro atoms. The molecule has 144 valence electrons. The molecule has 0 aliphatic carbocycles. The third-order valence-corrected chi connectivity index (χ3v) is 6.08. The number of rotatable bonds is 3. The number of aromatic nitrogens is 2. The van der Waals surface area contributed by atoms with Gasteiger partial charge in [0.15, 0.2) is 0 Å². The Morgan fingerprint density at radius 3 is 2.97 bits per heavy atom. The maximum Gasteiger partial charge on any atom is 0.275 e. The van der Waals surface area contributed by atoms with Gasteiger partial charge in [-0.05, 0) is 54.1 Å². The third-order valence-electron chi connectivity index (χ3n) is 5.20. The number of benzene rings is 1. The summed E-state index contributed by atoms with van der Waals surface area (Å²) >= 11 is 1.65. The number of pyridine rings is 1. The van der Waals surface area contributed by atoms with E-state index in [-0.39, 0.29) is 17.9 Å². The number of carbonyl (C=O) groups is 2. The largest absolute Gasteiger partial charge is 0.338 e. The number of carbonyl (C=O) groups excluding carboxylic acids is 2. The Hall–Kier alpha value is -3.45. The van der Waals surface area contributed by atoms with Gasteiger partial charge in [0, 0.05) is 35.4 Å². The van der Waals surface area contributed by atoms with Gasteiger partial charge in [-0.1, -0.05) is 6.07 Å². The van der Waals surface area contributed by atoms with Gasteiger partial charge in [0.05, 0.1) is 17.4 Å². The molecule has 1 aromatic carbocycles. The summed E-state index contributed by atoms with van der Waals surface area (Å²) in [6, 6.07) is 13.4. The lowest BCUT2D eigenvalue weighted by Gasteiger charge is -2.33. The summed E-state index contributed by atoms with van der Waals surface area (Å²) in [7, 11) is 0. The highest BCUT2D eigenvalue weighted by Crippen LogP contribution is 2.32. The molecule has 6 nitrogen and oxygen atoms in total. The number of thiophene rings is 1. The van der Waals surface area contributed by atoms with Crippen LogP contribution in [0.2, 0.25) is 0 Å². The van der Waals surface area contributed by atoms with E-state index in [2.05, 4.69) is 23.3 Å². The molecule has 7 heteroatoms. The van der Waals surface area contributed by atoms with Crippen LogP contribution in [0.4, 0.5) is 11.4 Å². The van der Waals surface area contributed by atoms with E-state index in [0.29, 0.717) is 23.5 Å². The van der Waals surface area contributed by atoms with Crippen molar-refractivity contribution in [3.8, 4) is 0 Å². The minimum atomic E-state index is -0.317. The zero-order chi connectivity index (χ0) is 20.0. The van der Waals surface area contributed by atoms with Crippen LogP contribution < -0.4 is 10.2 Å². The second-order valence-corrected chi connectivity index (χ2v) is 8.04. The van der Waals surface area contributed by atoms with Gasteiger partial charge < -0.3 is 14.8 Å². The van der Waals surface area contributed by atoms with Crippen LogP contribution in [0.5, 0.6) is 0 Å². The van der Waals surface area contributed by atoms with Gasteiger partial charge >= 0.3 is 0 Å². The predicted octanol–water partition coefficient (Wildman–Crippen LogP) is 4.57. The van der Waals surface area contributed by atoms with Crippen molar-refractivity contribution in [1.29, 1.82) is 0 Å². The highest BCUT2D eigenvalue weighted by molar-refractivity contribution is 7.17. The highest BCUT2D eigenvalue weighted by atomic mass is 32.1. The van der Waals surface area contributed by atoms with Gasteiger partial charge in [0.25, 0.3) is 11.8 Å². The first-order chi connectivity index (χ1) is 14.1. The van der Waals surface area contributed by atoms with E-state index in [1.165, 1.54) is 0 Å².